The van der Waals surface area contributed by atoms with Crippen molar-refractivity contribution >= 4 is 28.1 Å². The first kappa shape index (κ1) is 13.4. The van der Waals surface area contributed by atoms with Crippen molar-refractivity contribution in [3.63, 3.8) is 0 Å². The Morgan fingerprint density at radius 3 is 2.56 bits per heavy atom. The number of benzene rings is 1. The molecule has 0 aliphatic carbocycles. The molecule has 0 aliphatic heterocycles. The Hall–Kier alpha value is -1.08. The molecule has 96 valence electrons. The van der Waals surface area contributed by atoms with Gasteiger partial charge in [-0.3, -0.25) is 9.78 Å². The normalized spacial score (nSPS) is 11.8. The minimum atomic E-state index is -4.41. The van der Waals surface area contributed by atoms with E-state index in [9.17, 15) is 13.2 Å². The van der Waals surface area contributed by atoms with Crippen molar-refractivity contribution in [2.75, 3.05) is 0 Å². The van der Waals surface area contributed by atoms with Crippen LogP contribution in [0.1, 0.15) is 11.3 Å². The molecule has 2 aromatic rings. The van der Waals surface area contributed by atoms with Crippen LogP contribution in [-0.2, 0) is 12.7 Å². The Labute approximate surface area is 115 Å². The maximum atomic E-state index is 12.5. The third kappa shape index (κ3) is 3.02. The van der Waals surface area contributed by atoms with Gasteiger partial charge >= 0.3 is 6.18 Å². The molecule has 0 radical (unpaired) electrons. The Bertz CT molecular complexity index is 615. The van der Waals surface area contributed by atoms with Gasteiger partial charge in [0.05, 0.1) is 6.54 Å². The van der Waals surface area contributed by atoms with E-state index < -0.39 is 11.9 Å². The maximum absolute atomic E-state index is 12.5. The van der Waals surface area contributed by atoms with Crippen LogP contribution >= 0.6 is 28.1 Å². The van der Waals surface area contributed by atoms with Crippen LogP contribution in [0.2, 0.25) is 0 Å². The van der Waals surface area contributed by atoms with E-state index in [1.165, 1.54) is 4.68 Å². The van der Waals surface area contributed by atoms with Crippen molar-refractivity contribution in [1.29, 1.82) is 0 Å². The lowest BCUT2D eigenvalue weighted by Crippen LogP contribution is -2.08. The lowest BCUT2D eigenvalue weighted by Gasteiger charge is -2.05. The van der Waals surface area contributed by atoms with E-state index in [-0.39, 0.29) is 11.2 Å². The predicted molar refractivity (Wildman–Crippen MR) is 67.9 cm³/mol. The summed E-state index contributed by atoms with van der Waals surface area (Å²) in [5.41, 5.74) is 0.0264. The first-order valence-electron chi connectivity index (χ1n) is 4.98. The number of nitrogens with zero attached hydrogens (tertiary/aromatic N) is 1. The number of nitrogens with one attached hydrogen (secondary N) is 1. The molecule has 0 spiro atoms. The van der Waals surface area contributed by atoms with Gasteiger partial charge in [-0.1, -0.05) is 40.3 Å². The van der Waals surface area contributed by atoms with Crippen molar-refractivity contribution < 1.29 is 13.2 Å². The zero-order valence-electron chi connectivity index (χ0n) is 8.96. The lowest BCUT2D eigenvalue weighted by molar-refractivity contribution is -0.141. The molecule has 0 aliphatic rings. The summed E-state index contributed by atoms with van der Waals surface area (Å²) < 4.78 is 39.7. The average Bonchev–Trinajstić information content (AvgIpc) is 2.60. The first-order chi connectivity index (χ1) is 8.36. The second kappa shape index (κ2) is 4.89. The minimum Gasteiger partial charge on any atom is -0.293 e. The van der Waals surface area contributed by atoms with Gasteiger partial charge in [-0.05, 0) is 17.7 Å². The summed E-state index contributed by atoms with van der Waals surface area (Å²) in [6.45, 7) is 0.272. The number of hydrogen-bond donors (Lipinski definition) is 1. The summed E-state index contributed by atoms with van der Waals surface area (Å²) in [7, 11) is 0. The highest BCUT2D eigenvalue weighted by atomic mass is 79.9. The molecule has 1 aromatic heterocycles. The summed E-state index contributed by atoms with van der Waals surface area (Å²) in [4.78, 5) is 0. The van der Waals surface area contributed by atoms with Gasteiger partial charge in [0.15, 0.2) is 0 Å². The summed E-state index contributed by atoms with van der Waals surface area (Å²) in [5, 5.41) is 2.26. The van der Waals surface area contributed by atoms with Gasteiger partial charge in [-0.15, -0.1) is 0 Å². The van der Waals surface area contributed by atoms with E-state index >= 15 is 0 Å². The molecule has 18 heavy (non-hydrogen) atoms. The summed E-state index contributed by atoms with van der Waals surface area (Å²) in [6.07, 6.45) is -4.41. The molecule has 1 aromatic carbocycles. The molecule has 2 nitrogen and oxygen atoms in total. The van der Waals surface area contributed by atoms with Crippen LogP contribution in [0.3, 0.4) is 0 Å². The summed E-state index contributed by atoms with van der Waals surface area (Å²) in [5.74, 6) is 0. The Balaban J connectivity index is 2.30. The molecule has 0 unspecified atom stereocenters. The van der Waals surface area contributed by atoms with Gasteiger partial charge in [0.2, 0.25) is 0 Å². The standard InChI is InChI=1S/C11H8BrF3N2S/c12-8-3-1-2-7(4-8)6-17-10(18)5-9(16-17)11(13,14)15/h1-5,16H,6H2. The monoisotopic (exact) mass is 336 g/mol. The smallest absolute Gasteiger partial charge is 0.293 e. The number of aromatic nitrogens is 2. The van der Waals surface area contributed by atoms with Gasteiger partial charge in [0.1, 0.15) is 10.3 Å². The molecule has 1 N–H and O–H groups in total. The van der Waals surface area contributed by atoms with E-state index in [4.69, 9.17) is 12.2 Å². The molecule has 0 amide bonds. The number of aromatic amines is 1. The van der Waals surface area contributed by atoms with Crippen LogP contribution in [0.4, 0.5) is 13.2 Å². The third-order valence-electron chi connectivity index (χ3n) is 2.32. The van der Waals surface area contributed by atoms with E-state index in [1.807, 2.05) is 24.3 Å². The molecular weight excluding hydrogens is 329 g/mol. The van der Waals surface area contributed by atoms with Crippen LogP contribution in [0.25, 0.3) is 0 Å². The number of halogens is 4. The lowest BCUT2D eigenvalue weighted by atomic mass is 10.2. The Morgan fingerprint density at radius 2 is 2.00 bits per heavy atom. The molecule has 0 saturated carbocycles. The second-order valence-corrected chi connectivity index (χ2v) is 5.06. The summed E-state index contributed by atoms with van der Waals surface area (Å²) >= 11 is 8.20. The fourth-order valence-corrected chi connectivity index (χ4v) is 2.19. The fraction of sp³-hybridized carbons (Fsp3) is 0.182. The van der Waals surface area contributed by atoms with E-state index in [1.54, 1.807) is 0 Å². The molecule has 1 heterocycles. The van der Waals surface area contributed by atoms with Crippen LogP contribution in [0.15, 0.2) is 34.8 Å². The van der Waals surface area contributed by atoms with Crippen LogP contribution < -0.4 is 0 Å². The topological polar surface area (TPSA) is 20.7 Å². The zero-order chi connectivity index (χ0) is 13.3. The Kier molecular flexibility index (Phi) is 3.63. The molecule has 2 rings (SSSR count). The van der Waals surface area contributed by atoms with Crippen LogP contribution in [0.5, 0.6) is 0 Å². The third-order valence-corrected chi connectivity index (χ3v) is 3.16. The van der Waals surface area contributed by atoms with Gasteiger partial charge < -0.3 is 0 Å². The van der Waals surface area contributed by atoms with Crippen molar-refractivity contribution in [1.82, 2.24) is 9.78 Å². The maximum Gasteiger partial charge on any atom is 0.432 e. The van der Waals surface area contributed by atoms with Crippen molar-refractivity contribution in [3.05, 3.63) is 50.7 Å². The molecule has 0 atom stereocenters. The SMILES string of the molecule is FC(F)(F)c1cc(=S)n(Cc2cccc(Br)c2)[nH]1. The molecule has 7 heteroatoms. The van der Waals surface area contributed by atoms with Crippen molar-refractivity contribution in [2.24, 2.45) is 0 Å². The quantitative estimate of drug-likeness (QED) is 0.807. The van der Waals surface area contributed by atoms with Gasteiger partial charge in [0.25, 0.3) is 0 Å². The van der Waals surface area contributed by atoms with E-state index in [0.29, 0.717) is 0 Å². The molecule has 0 bridgehead atoms. The number of H-pyrrole nitrogens is 1. The molecule has 0 fully saturated rings. The highest BCUT2D eigenvalue weighted by Gasteiger charge is 2.32. The highest BCUT2D eigenvalue weighted by Crippen LogP contribution is 2.27. The van der Waals surface area contributed by atoms with Gasteiger partial charge in [-0.25, -0.2) is 0 Å². The molecule has 0 saturated heterocycles. The zero-order valence-corrected chi connectivity index (χ0v) is 11.4. The van der Waals surface area contributed by atoms with E-state index in [2.05, 4.69) is 21.0 Å². The Morgan fingerprint density at radius 1 is 1.28 bits per heavy atom. The fourth-order valence-electron chi connectivity index (χ4n) is 1.51. The average molecular weight is 337 g/mol. The second-order valence-electron chi connectivity index (χ2n) is 3.72. The van der Waals surface area contributed by atoms with Crippen molar-refractivity contribution in [3.8, 4) is 0 Å². The van der Waals surface area contributed by atoms with Crippen molar-refractivity contribution in [2.45, 2.75) is 12.7 Å². The van der Waals surface area contributed by atoms with Crippen LogP contribution in [-0.4, -0.2) is 9.78 Å². The first-order valence-corrected chi connectivity index (χ1v) is 6.18. The number of hydrogen-bond acceptors (Lipinski definition) is 1. The van der Waals surface area contributed by atoms with Gasteiger partial charge in [-0.2, -0.15) is 13.2 Å². The van der Waals surface area contributed by atoms with Gasteiger partial charge in [0, 0.05) is 10.5 Å². The largest absolute Gasteiger partial charge is 0.432 e. The molecular formula is C11H8BrF3N2S. The van der Waals surface area contributed by atoms with Crippen LogP contribution in [0, 0.1) is 4.64 Å². The predicted octanol–water partition coefficient (Wildman–Crippen LogP) is 4.38. The number of alkyl halides is 3. The highest BCUT2D eigenvalue weighted by molar-refractivity contribution is 9.10. The minimum absolute atomic E-state index is 0.127. The van der Waals surface area contributed by atoms with E-state index in [0.717, 1.165) is 16.1 Å². The summed E-state index contributed by atoms with van der Waals surface area (Å²) in [6, 6.07) is 8.24. The number of rotatable bonds is 2.